The standard InChI is InChI=1S/C19H18N4O3S2/c1-4-23(5-2)19-21-16-14(28-19)9-13(27-16)15(24)20-10-6-7-11-12(8-10)18(26)22(3)17(11)25/h6-9H,4-5H2,1-3H3,(H,20,24). The average molecular weight is 415 g/mol. The number of imide groups is 1. The van der Waals surface area contributed by atoms with Crippen molar-refractivity contribution in [1.82, 2.24) is 9.88 Å². The minimum atomic E-state index is -0.360. The van der Waals surface area contributed by atoms with Gasteiger partial charge in [-0.15, -0.1) is 11.3 Å². The molecule has 0 saturated heterocycles. The van der Waals surface area contributed by atoms with Crippen molar-refractivity contribution < 1.29 is 14.4 Å². The number of nitrogens with zero attached hydrogens (tertiary/aromatic N) is 3. The number of hydrogen-bond acceptors (Lipinski definition) is 7. The van der Waals surface area contributed by atoms with Crippen LogP contribution in [0.3, 0.4) is 0 Å². The molecule has 1 aliphatic rings. The SMILES string of the molecule is CCN(CC)c1nc2sc(C(=O)Nc3ccc4c(c3)C(=O)N(C)C4=O)cc2s1. The second kappa shape index (κ2) is 6.99. The number of hydrogen-bond donors (Lipinski definition) is 1. The van der Waals surface area contributed by atoms with E-state index in [9.17, 15) is 14.4 Å². The summed E-state index contributed by atoms with van der Waals surface area (Å²) in [6.45, 7) is 5.95. The summed E-state index contributed by atoms with van der Waals surface area (Å²) >= 11 is 2.92. The Morgan fingerprint density at radius 2 is 1.82 bits per heavy atom. The van der Waals surface area contributed by atoms with E-state index in [1.54, 1.807) is 29.5 Å². The fourth-order valence-corrected chi connectivity index (χ4v) is 5.33. The topological polar surface area (TPSA) is 82.6 Å². The smallest absolute Gasteiger partial charge is 0.265 e. The van der Waals surface area contributed by atoms with Crippen molar-refractivity contribution in [2.75, 3.05) is 30.4 Å². The number of fused-ring (bicyclic) bond motifs is 2. The molecule has 0 unspecified atom stereocenters. The normalized spacial score (nSPS) is 13.3. The minimum Gasteiger partial charge on any atom is -0.349 e. The van der Waals surface area contributed by atoms with Crippen LogP contribution in [-0.4, -0.2) is 47.7 Å². The molecule has 28 heavy (non-hydrogen) atoms. The maximum atomic E-state index is 12.6. The number of carbonyl (C=O) groups is 3. The van der Waals surface area contributed by atoms with Crippen molar-refractivity contribution in [3.8, 4) is 0 Å². The number of nitrogens with one attached hydrogen (secondary N) is 1. The molecule has 1 aliphatic heterocycles. The first kappa shape index (κ1) is 18.6. The van der Waals surface area contributed by atoms with Crippen molar-refractivity contribution in [3.63, 3.8) is 0 Å². The number of carbonyl (C=O) groups excluding carboxylic acids is 3. The second-order valence-corrected chi connectivity index (χ2v) is 8.37. The third-order valence-electron chi connectivity index (χ3n) is 4.68. The molecule has 0 radical (unpaired) electrons. The highest BCUT2D eigenvalue weighted by Gasteiger charge is 2.32. The van der Waals surface area contributed by atoms with E-state index in [0.29, 0.717) is 21.7 Å². The first-order valence-corrected chi connectivity index (χ1v) is 10.5. The first-order valence-electron chi connectivity index (χ1n) is 8.86. The van der Waals surface area contributed by atoms with Gasteiger partial charge in [-0.1, -0.05) is 11.3 Å². The quantitative estimate of drug-likeness (QED) is 0.644. The van der Waals surface area contributed by atoms with Gasteiger partial charge in [0.05, 0.1) is 20.7 Å². The van der Waals surface area contributed by atoms with Crippen LogP contribution in [-0.2, 0) is 0 Å². The third kappa shape index (κ3) is 2.96. The number of rotatable bonds is 5. The molecule has 0 atom stereocenters. The molecule has 2 aromatic heterocycles. The molecule has 3 heterocycles. The molecule has 0 spiro atoms. The lowest BCUT2D eigenvalue weighted by Gasteiger charge is -2.16. The molecule has 9 heteroatoms. The number of anilines is 2. The van der Waals surface area contributed by atoms with Crippen LogP contribution < -0.4 is 10.2 Å². The third-order valence-corrected chi connectivity index (χ3v) is 6.90. The van der Waals surface area contributed by atoms with Crippen LogP contribution >= 0.6 is 22.7 Å². The predicted octanol–water partition coefficient (Wildman–Crippen LogP) is 3.68. The summed E-state index contributed by atoms with van der Waals surface area (Å²) in [5.74, 6) is -0.947. The summed E-state index contributed by atoms with van der Waals surface area (Å²) in [5, 5.41) is 3.77. The second-order valence-electron chi connectivity index (χ2n) is 6.33. The van der Waals surface area contributed by atoms with E-state index in [0.717, 1.165) is 32.7 Å². The van der Waals surface area contributed by atoms with Crippen LogP contribution in [0.25, 0.3) is 9.53 Å². The highest BCUT2D eigenvalue weighted by molar-refractivity contribution is 7.29. The van der Waals surface area contributed by atoms with Gasteiger partial charge in [0.25, 0.3) is 17.7 Å². The van der Waals surface area contributed by atoms with Gasteiger partial charge in [0.2, 0.25) is 0 Å². The van der Waals surface area contributed by atoms with Gasteiger partial charge < -0.3 is 10.2 Å². The molecule has 0 aliphatic carbocycles. The zero-order valence-electron chi connectivity index (χ0n) is 15.6. The Balaban J connectivity index is 1.55. The van der Waals surface area contributed by atoms with Crippen molar-refractivity contribution in [3.05, 3.63) is 40.3 Å². The lowest BCUT2D eigenvalue weighted by molar-refractivity contribution is 0.0692. The molecule has 0 saturated carbocycles. The van der Waals surface area contributed by atoms with Gasteiger partial charge in [-0.05, 0) is 38.1 Å². The molecule has 144 valence electrons. The van der Waals surface area contributed by atoms with Crippen LogP contribution in [0.5, 0.6) is 0 Å². The van der Waals surface area contributed by atoms with E-state index >= 15 is 0 Å². The van der Waals surface area contributed by atoms with Gasteiger partial charge in [0.1, 0.15) is 4.83 Å². The fourth-order valence-electron chi connectivity index (χ4n) is 3.10. The maximum Gasteiger partial charge on any atom is 0.265 e. The van der Waals surface area contributed by atoms with Crippen LogP contribution in [0.1, 0.15) is 44.2 Å². The Morgan fingerprint density at radius 3 is 2.50 bits per heavy atom. The Morgan fingerprint density at radius 1 is 1.11 bits per heavy atom. The molecule has 7 nitrogen and oxygen atoms in total. The number of benzene rings is 1. The van der Waals surface area contributed by atoms with Crippen LogP contribution in [0.2, 0.25) is 0 Å². The van der Waals surface area contributed by atoms with Gasteiger partial charge in [0, 0.05) is 25.8 Å². The summed E-state index contributed by atoms with van der Waals surface area (Å²) in [5.41, 5.74) is 1.15. The van der Waals surface area contributed by atoms with E-state index in [2.05, 4.69) is 29.0 Å². The molecular weight excluding hydrogens is 396 g/mol. The Hall–Kier alpha value is -2.78. The lowest BCUT2D eigenvalue weighted by atomic mass is 10.1. The van der Waals surface area contributed by atoms with Crippen LogP contribution in [0, 0.1) is 0 Å². The molecular formula is C19H18N4O3S2. The Labute approximate surface area is 169 Å². The van der Waals surface area contributed by atoms with Crippen molar-refractivity contribution >= 4 is 60.7 Å². The molecule has 0 fully saturated rings. The van der Waals surface area contributed by atoms with E-state index in [4.69, 9.17) is 0 Å². The summed E-state index contributed by atoms with van der Waals surface area (Å²) in [6, 6.07) is 6.59. The monoisotopic (exact) mass is 414 g/mol. The number of thiazole rings is 1. The molecule has 4 rings (SSSR count). The average Bonchev–Trinajstić information content (AvgIpc) is 3.31. The van der Waals surface area contributed by atoms with Gasteiger partial charge >= 0.3 is 0 Å². The summed E-state index contributed by atoms with van der Waals surface area (Å²) in [4.78, 5) is 46.0. The number of thiophene rings is 1. The van der Waals surface area contributed by atoms with Gasteiger partial charge in [-0.3, -0.25) is 19.3 Å². The molecule has 1 N–H and O–H groups in total. The molecule has 3 aromatic rings. The molecule has 1 aromatic carbocycles. The fraction of sp³-hybridized carbons (Fsp3) is 0.263. The predicted molar refractivity (Wildman–Crippen MR) is 112 cm³/mol. The van der Waals surface area contributed by atoms with Gasteiger partial charge in [-0.2, -0.15) is 0 Å². The van der Waals surface area contributed by atoms with Crippen LogP contribution in [0.4, 0.5) is 10.8 Å². The first-order chi connectivity index (χ1) is 13.4. The highest BCUT2D eigenvalue weighted by atomic mass is 32.1. The number of amides is 3. The summed E-state index contributed by atoms with van der Waals surface area (Å²) < 4.78 is 0.980. The zero-order chi connectivity index (χ0) is 20.0. The maximum absolute atomic E-state index is 12.6. The van der Waals surface area contributed by atoms with Crippen molar-refractivity contribution in [2.24, 2.45) is 0 Å². The van der Waals surface area contributed by atoms with Crippen molar-refractivity contribution in [2.45, 2.75) is 13.8 Å². The van der Waals surface area contributed by atoms with E-state index in [-0.39, 0.29) is 17.7 Å². The Kier molecular flexibility index (Phi) is 4.64. The summed E-state index contributed by atoms with van der Waals surface area (Å²) in [7, 11) is 1.45. The molecule has 3 amide bonds. The minimum absolute atomic E-state index is 0.260. The number of aromatic nitrogens is 1. The molecule has 0 bridgehead atoms. The Bertz CT molecular complexity index is 1080. The van der Waals surface area contributed by atoms with E-state index < -0.39 is 0 Å². The largest absolute Gasteiger partial charge is 0.349 e. The highest BCUT2D eigenvalue weighted by Crippen LogP contribution is 2.35. The van der Waals surface area contributed by atoms with E-state index in [1.165, 1.54) is 18.4 Å². The van der Waals surface area contributed by atoms with E-state index in [1.807, 2.05) is 6.07 Å². The van der Waals surface area contributed by atoms with Crippen LogP contribution in [0.15, 0.2) is 24.3 Å². The zero-order valence-corrected chi connectivity index (χ0v) is 17.2. The van der Waals surface area contributed by atoms with Gasteiger partial charge in [-0.25, -0.2) is 4.98 Å². The van der Waals surface area contributed by atoms with Crippen molar-refractivity contribution in [1.29, 1.82) is 0 Å². The van der Waals surface area contributed by atoms with Gasteiger partial charge in [0.15, 0.2) is 5.13 Å². The summed E-state index contributed by atoms with van der Waals surface area (Å²) in [6.07, 6.45) is 0. The lowest BCUT2D eigenvalue weighted by Crippen LogP contribution is -2.24.